The van der Waals surface area contributed by atoms with Gasteiger partial charge in [-0.3, -0.25) is 9.78 Å². The molecule has 0 aromatic carbocycles. The second kappa shape index (κ2) is 5.91. The quantitative estimate of drug-likeness (QED) is 0.913. The topological polar surface area (TPSA) is 92.4 Å². The summed E-state index contributed by atoms with van der Waals surface area (Å²) in [6.45, 7) is 3.09. The first kappa shape index (κ1) is 16.2. The molecule has 2 aromatic rings. The highest BCUT2D eigenvalue weighted by Crippen LogP contribution is 2.37. The Bertz CT molecular complexity index is 762. The van der Waals surface area contributed by atoms with E-state index in [1.807, 2.05) is 19.1 Å². The second-order valence-electron chi connectivity index (χ2n) is 7.57. The summed E-state index contributed by atoms with van der Waals surface area (Å²) < 4.78 is 5.81. The van der Waals surface area contributed by atoms with Crippen LogP contribution >= 0.6 is 0 Å². The minimum Gasteiger partial charge on any atom is -0.420 e. The number of hydrogen-bond donors (Lipinski definition) is 1. The zero-order valence-electron chi connectivity index (χ0n) is 14.3. The maximum Gasteiger partial charge on any atom is 0.249 e. The van der Waals surface area contributed by atoms with Crippen LogP contribution in [0, 0.1) is 0 Å². The molecule has 25 heavy (non-hydrogen) atoms. The van der Waals surface area contributed by atoms with Gasteiger partial charge in [-0.1, -0.05) is 12.8 Å². The van der Waals surface area contributed by atoms with E-state index in [2.05, 4.69) is 15.2 Å². The van der Waals surface area contributed by atoms with Crippen molar-refractivity contribution in [3.05, 3.63) is 30.4 Å². The Labute approximate surface area is 146 Å². The Kier molecular flexibility index (Phi) is 3.83. The average molecular weight is 342 g/mol. The van der Waals surface area contributed by atoms with Crippen molar-refractivity contribution in [3.8, 4) is 11.5 Å². The Morgan fingerprint density at radius 2 is 2.08 bits per heavy atom. The first-order valence-electron chi connectivity index (χ1n) is 8.72. The normalized spacial score (nSPS) is 21.1. The summed E-state index contributed by atoms with van der Waals surface area (Å²) in [7, 11) is 0. The van der Waals surface area contributed by atoms with E-state index in [1.165, 1.54) is 0 Å². The average Bonchev–Trinajstić information content (AvgIpc) is 3.22. The van der Waals surface area contributed by atoms with Gasteiger partial charge in [0.25, 0.3) is 0 Å². The molecule has 1 N–H and O–H groups in total. The Morgan fingerprint density at radius 3 is 2.76 bits per heavy atom. The molecule has 0 radical (unpaired) electrons. The van der Waals surface area contributed by atoms with Crippen LogP contribution in [0.4, 0.5) is 0 Å². The van der Waals surface area contributed by atoms with E-state index in [0.717, 1.165) is 31.2 Å². The minimum atomic E-state index is -0.805. The number of hydrogen-bond acceptors (Lipinski definition) is 6. The molecule has 1 saturated heterocycles. The van der Waals surface area contributed by atoms with Gasteiger partial charge in [-0.05, 0) is 31.9 Å². The number of amides is 1. The van der Waals surface area contributed by atoms with Crippen LogP contribution in [-0.4, -0.2) is 49.8 Å². The van der Waals surface area contributed by atoms with Crippen LogP contribution in [0.25, 0.3) is 11.5 Å². The Hall–Kier alpha value is -2.28. The predicted molar refractivity (Wildman–Crippen MR) is 89.5 cm³/mol. The van der Waals surface area contributed by atoms with Gasteiger partial charge >= 0.3 is 0 Å². The van der Waals surface area contributed by atoms with Gasteiger partial charge < -0.3 is 14.4 Å². The van der Waals surface area contributed by atoms with Crippen LogP contribution in [0.5, 0.6) is 0 Å². The van der Waals surface area contributed by atoms with Gasteiger partial charge in [0.2, 0.25) is 17.7 Å². The maximum absolute atomic E-state index is 12.4. The molecule has 2 aromatic heterocycles. The number of carbonyl (C=O) groups excluding carboxylic acids is 1. The van der Waals surface area contributed by atoms with Gasteiger partial charge in [0.15, 0.2) is 0 Å². The summed E-state index contributed by atoms with van der Waals surface area (Å²) in [4.78, 5) is 18.2. The van der Waals surface area contributed by atoms with Gasteiger partial charge in [-0.2, -0.15) is 0 Å². The fourth-order valence-electron chi connectivity index (χ4n) is 3.78. The molecule has 0 atom stereocenters. The number of likely N-dealkylation sites (tertiary alicyclic amines) is 1. The lowest BCUT2D eigenvalue weighted by molar-refractivity contribution is -0.144. The molecule has 2 aliphatic rings. The van der Waals surface area contributed by atoms with Crippen molar-refractivity contribution < 1.29 is 14.3 Å². The first-order valence-corrected chi connectivity index (χ1v) is 8.72. The first-order chi connectivity index (χ1) is 12.0. The monoisotopic (exact) mass is 342 g/mol. The summed E-state index contributed by atoms with van der Waals surface area (Å²) in [5, 5.41) is 18.7. The van der Waals surface area contributed by atoms with Crippen LogP contribution in [0.3, 0.4) is 0 Å². The number of nitrogens with zero attached hydrogens (tertiary/aromatic N) is 4. The van der Waals surface area contributed by atoms with Crippen LogP contribution in [-0.2, 0) is 10.2 Å². The van der Waals surface area contributed by atoms with Crippen LogP contribution in [0.1, 0.15) is 44.9 Å². The highest BCUT2D eigenvalue weighted by atomic mass is 16.4. The molecular weight excluding hydrogens is 320 g/mol. The number of pyridine rings is 1. The molecule has 132 valence electrons. The molecule has 2 fully saturated rings. The lowest BCUT2D eigenvalue weighted by atomic mass is 9.81. The summed E-state index contributed by atoms with van der Waals surface area (Å²) in [6.07, 6.45) is 7.04. The number of carbonyl (C=O) groups is 1. The summed E-state index contributed by atoms with van der Waals surface area (Å²) in [6, 6.07) is 3.68. The third-order valence-corrected chi connectivity index (χ3v) is 5.30. The SMILES string of the molecule is CC1(c2nnc(-c3cccnc3)o2)CN(C(=O)CC2(O)CCCC2)C1. The maximum atomic E-state index is 12.4. The molecule has 0 bridgehead atoms. The Balaban J connectivity index is 1.40. The fraction of sp³-hybridized carbons (Fsp3) is 0.556. The van der Waals surface area contributed by atoms with Crippen LogP contribution in [0.15, 0.2) is 28.9 Å². The zero-order valence-corrected chi connectivity index (χ0v) is 14.3. The fourth-order valence-corrected chi connectivity index (χ4v) is 3.78. The van der Waals surface area contributed by atoms with Crippen molar-refractivity contribution in [1.29, 1.82) is 0 Å². The second-order valence-corrected chi connectivity index (χ2v) is 7.57. The molecule has 7 nitrogen and oxygen atoms in total. The van der Waals surface area contributed by atoms with Crippen molar-refractivity contribution in [2.24, 2.45) is 0 Å². The molecule has 3 heterocycles. The van der Waals surface area contributed by atoms with Crippen LogP contribution in [0.2, 0.25) is 0 Å². The molecule has 0 spiro atoms. The summed E-state index contributed by atoms with van der Waals surface area (Å²) in [5.74, 6) is 0.984. The Morgan fingerprint density at radius 1 is 1.32 bits per heavy atom. The lowest BCUT2D eigenvalue weighted by Gasteiger charge is -2.46. The van der Waals surface area contributed by atoms with Crippen molar-refractivity contribution in [3.63, 3.8) is 0 Å². The van der Waals surface area contributed by atoms with Gasteiger partial charge in [-0.25, -0.2) is 0 Å². The molecule has 1 aliphatic carbocycles. The molecule has 0 unspecified atom stereocenters. The molecule has 1 saturated carbocycles. The molecule has 1 amide bonds. The van der Waals surface area contributed by atoms with E-state index in [1.54, 1.807) is 17.3 Å². The van der Waals surface area contributed by atoms with E-state index in [9.17, 15) is 9.90 Å². The number of aliphatic hydroxyl groups is 1. The van der Waals surface area contributed by atoms with Crippen molar-refractivity contribution in [2.75, 3.05) is 13.1 Å². The zero-order chi connectivity index (χ0) is 17.5. The number of aromatic nitrogens is 3. The van der Waals surface area contributed by atoms with Crippen molar-refractivity contribution >= 4 is 5.91 Å². The highest BCUT2D eigenvalue weighted by Gasteiger charge is 2.48. The summed E-state index contributed by atoms with van der Waals surface area (Å²) >= 11 is 0. The van der Waals surface area contributed by atoms with E-state index < -0.39 is 5.60 Å². The third kappa shape index (κ3) is 3.04. The third-order valence-electron chi connectivity index (χ3n) is 5.30. The van der Waals surface area contributed by atoms with Gasteiger partial charge in [-0.15, -0.1) is 10.2 Å². The largest absolute Gasteiger partial charge is 0.420 e. The van der Waals surface area contributed by atoms with E-state index in [4.69, 9.17) is 4.42 Å². The van der Waals surface area contributed by atoms with Gasteiger partial charge in [0, 0.05) is 25.5 Å². The standard InChI is InChI=1S/C18H22N4O3/c1-17(16-21-20-15(25-16)13-5-4-8-19-10-13)11-22(12-17)14(23)9-18(24)6-2-3-7-18/h4-5,8,10,24H,2-3,6-7,9,11-12H2,1H3. The van der Waals surface area contributed by atoms with Crippen molar-refractivity contribution in [1.82, 2.24) is 20.1 Å². The summed E-state index contributed by atoms with van der Waals surface area (Å²) in [5.41, 5.74) is -0.358. The smallest absolute Gasteiger partial charge is 0.249 e. The van der Waals surface area contributed by atoms with Gasteiger partial charge in [0.1, 0.15) is 0 Å². The highest BCUT2D eigenvalue weighted by molar-refractivity contribution is 5.78. The van der Waals surface area contributed by atoms with E-state index in [0.29, 0.717) is 24.9 Å². The van der Waals surface area contributed by atoms with Gasteiger partial charge in [0.05, 0.1) is 23.0 Å². The van der Waals surface area contributed by atoms with E-state index >= 15 is 0 Å². The number of rotatable bonds is 4. The predicted octanol–water partition coefficient (Wildman–Crippen LogP) is 1.93. The lowest BCUT2D eigenvalue weighted by Crippen LogP contribution is -2.60. The molecular formula is C18H22N4O3. The molecule has 1 aliphatic heterocycles. The van der Waals surface area contributed by atoms with E-state index in [-0.39, 0.29) is 17.7 Å². The minimum absolute atomic E-state index is 0.00822. The van der Waals surface area contributed by atoms with Crippen LogP contribution < -0.4 is 0 Å². The van der Waals surface area contributed by atoms with Crippen molar-refractivity contribution in [2.45, 2.75) is 50.0 Å². The molecule has 7 heteroatoms. The molecule has 4 rings (SSSR count).